The normalized spacial score (nSPS) is 18.2. The second-order valence-electron chi connectivity index (χ2n) is 7.32. The Kier molecular flexibility index (Phi) is 4.39. The van der Waals surface area contributed by atoms with Crippen LogP contribution in [0.15, 0.2) is 0 Å². The Bertz CT molecular complexity index is 385. The van der Waals surface area contributed by atoms with Crippen LogP contribution in [0.5, 0.6) is 0 Å². The van der Waals surface area contributed by atoms with Gasteiger partial charge in [0.1, 0.15) is 16.8 Å². The van der Waals surface area contributed by atoms with Crippen molar-refractivity contribution >= 4 is 12.1 Å². The molecule has 0 saturated carbocycles. The van der Waals surface area contributed by atoms with Gasteiger partial charge in [-0.2, -0.15) is 0 Å². The Morgan fingerprint density at radius 1 is 1.05 bits per heavy atom. The quantitative estimate of drug-likeness (QED) is 0.782. The van der Waals surface area contributed by atoms with Gasteiger partial charge in [0.25, 0.3) is 0 Å². The van der Waals surface area contributed by atoms with Crippen LogP contribution in [0.1, 0.15) is 48.0 Å². The summed E-state index contributed by atoms with van der Waals surface area (Å²) in [5, 5.41) is 10.1. The van der Waals surface area contributed by atoms with Gasteiger partial charge in [0.05, 0.1) is 19.5 Å². The molecule has 0 aromatic carbocycles. The number of likely N-dealkylation sites (tertiary alicyclic amines) is 1. The highest BCUT2D eigenvalue weighted by atomic mass is 16.6. The van der Waals surface area contributed by atoms with E-state index in [1.165, 1.54) is 4.90 Å². The number of amides is 1. The summed E-state index contributed by atoms with van der Waals surface area (Å²) in [7, 11) is 0. The van der Waals surface area contributed by atoms with E-state index >= 15 is 0 Å². The van der Waals surface area contributed by atoms with Gasteiger partial charge in [-0.15, -0.1) is 0 Å². The summed E-state index contributed by atoms with van der Waals surface area (Å²) >= 11 is 0. The first kappa shape index (κ1) is 16.8. The fourth-order valence-electron chi connectivity index (χ4n) is 1.88. The molecular formula is C14H25NO5. The fourth-order valence-corrected chi connectivity index (χ4v) is 1.88. The first-order valence-electron chi connectivity index (χ1n) is 6.72. The van der Waals surface area contributed by atoms with Crippen molar-refractivity contribution in [2.75, 3.05) is 13.1 Å². The van der Waals surface area contributed by atoms with Crippen LogP contribution in [0.25, 0.3) is 0 Å². The van der Waals surface area contributed by atoms with Crippen molar-refractivity contribution in [3.05, 3.63) is 0 Å². The minimum atomic E-state index is -1.21. The number of carbonyl (C=O) groups excluding carboxylic acids is 2. The molecule has 116 valence electrons. The summed E-state index contributed by atoms with van der Waals surface area (Å²) in [6.45, 7) is 10.8. The van der Waals surface area contributed by atoms with E-state index in [0.717, 1.165) is 0 Å². The molecule has 0 atom stereocenters. The maximum Gasteiger partial charge on any atom is 0.410 e. The van der Waals surface area contributed by atoms with Gasteiger partial charge in [-0.1, -0.05) is 0 Å². The molecule has 0 bridgehead atoms. The molecule has 0 aliphatic carbocycles. The van der Waals surface area contributed by atoms with Gasteiger partial charge in [-0.25, -0.2) is 4.79 Å². The molecule has 1 rings (SSSR count). The molecule has 0 spiro atoms. The summed E-state index contributed by atoms with van der Waals surface area (Å²) in [4.78, 5) is 24.7. The predicted molar refractivity (Wildman–Crippen MR) is 73.2 cm³/mol. The number of carbonyl (C=O) groups is 2. The number of ether oxygens (including phenoxy) is 2. The lowest BCUT2D eigenvalue weighted by molar-refractivity contribution is -0.168. The summed E-state index contributed by atoms with van der Waals surface area (Å²) in [6, 6.07) is 0. The maximum absolute atomic E-state index is 11.7. The number of hydrogen-bond acceptors (Lipinski definition) is 5. The third-order valence-electron chi connectivity index (χ3n) is 2.52. The Hall–Kier alpha value is -1.30. The molecule has 1 saturated heterocycles. The topological polar surface area (TPSA) is 76.1 Å². The molecule has 1 fully saturated rings. The van der Waals surface area contributed by atoms with Gasteiger partial charge < -0.3 is 19.5 Å². The van der Waals surface area contributed by atoms with Crippen LogP contribution < -0.4 is 0 Å². The van der Waals surface area contributed by atoms with Crippen molar-refractivity contribution < 1.29 is 24.2 Å². The van der Waals surface area contributed by atoms with Crippen LogP contribution in [0.2, 0.25) is 0 Å². The SMILES string of the molecule is CC(C)(C)OC(=O)CC1(O)CN(C(=O)OC(C)(C)C)C1. The smallest absolute Gasteiger partial charge is 0.410 e. The Labute approximate surface area is 120 Å². The third kappa shape index (κ3) is 5.36. The van der Waals surface area contributed by atoms with Crippen LogP contribution in [-0.4, -0.2) is 52.0 Å². The number of β-amino-alcohol motifs (C(OH)–C–C–N with tert-alkyl or cyclic N) is 1. The Morgan fingerprint density at radius 3 is 1.90 bits per heavy atom. The number of nitrogens with zero attached hydrogens (tertiary/aromatic N) is 1. The van der Waals surface area contributed by atoms with E-state index in [1.54, 1.807) is 41.5 Å². The highest BCUT2D eigenvalue weighted by Gasteiger charge is 2.47. The maximum atomic E-state index is 11.7. The molecule has 20 heavy (non-hydrogen) atoms. The zero-order chi connectivity index (χ0) is 15.8. The lowest BCUT2D eigenvalue weighted by atomic mass is 9.91. The highest BCUT2D eigenvalue weighted by Crippen LogP contribution is 2.27. The third-order valence-corrected chi connectivity index (χ3v) is 2.52. The summed E-state index contributed by atoms with van der Waals surface area (Å²) in [5.41, 5.74) is -2.36. The molecule has 1 amide bonds. The molecule has 1 heterocycles. The standard InChI is InChI=1S/C14H25NO5/c1-12(2,3)19-10(16)7-14(18)8-15(9-14)11(17)20-13(4,5)6/h18H,7-9H2,1-6H3. The number of aliphatic hydroxyl groups is 1. The largest absolute Gasteiger partial charge is 0.460 e. The predicted octanol–water partition coefficient (Wildman–Crippen LogP) is 1.70. The van der Waals surface area contributed by atoms with Gasteiger partial charge in [0, 0.05) is 0 Å². The minimum Gasteiger partial charge on any atom is -0.460 e. The van der Waals surface area contributed by atoms with Crippen molar-refractivity contribution in [1.82, 2.24) is 4.90 Å². The zero-order valence-electron chi connectivity index (χ0n) is 13.1. The van der Waals surface area contributed by atoms with Crippen molar-refractivity contribution in [3.63, 3.8) is 0 Å². The summed E-state index contributed by atoms with van der Waals surface area (Å²) in [6.07, 6.45) is -0.602. The average molecular weight is 287 g/mol. The first-order valence-corrected chi connectivity index (χ1v) is 6.72. The molecule has 0 aromatic heterocycles. The van der Waals surface area contributed by atoms with Crippen molar-refractivity contribution in [3.8, 4) is 0 Å². The monoisotopic (exact) mass is 287 g/mol. The van der Waals surface area contributed by atoms with Crippen molar-refractivity contribution in [2.24, 2.45) is 0 Å². The second kappa shape index (κ2) is 5.24. The number of esters is 1. The first-order chi connectivity index (χ1) is 8.80. The van der Waals surface area contributed by atoms with Crippen molar-refractivity contribution in [2.45, 2.75) is 64.8 Å². The van der Waals surface area contributed by atoms with Crippen LogP contribution in [0, 0.1) is 0 Å². The fraction of sp³-hybridized carbons (Fsp3) is 0.857. The average Bonchev–Trinajstić information content (AvgIpc) is 2.06. The van der Waals surface area contributed by atoms with Gasteiger partial charge in [0.15, 0.2) is 0 Å². The lowest BCUT2D eigenvalue weighted by Gasteiger charge is -2.45. The number of rotatable bonds is 2. The minimum absolute atomic E-state index is 0.0845. The van der Waals surface area contributed by atoms with Crippen LogP contribution >= 0.6 is 0 Å². The van der Waals surface area contributed by atoms with E-state index in [2.05, 4.69) is 0 Å². The van der Waals surface area contributed by atoms with Crippen LogP contribution in [0.3, 0.4) is 0 Å². The van der Waals surface area contributed by atoms with Gasteiger partial charge in [0.2, 0.25) is 0 Å². The van der Waals surface area contributed by atoms with Gasteiger partial charge in [-0.3, -0.25) is 4.79 Å². The molecule has 1 aliphatic rings. The molecule has 0 aromatic rings. The Morgan fingerprint density at radius 2 is 1.50 bits per heavy atom. The molecule has 1 N–H and O–H groups in total. The van der Waals surface area contributed by atoms with Crippen LogP contribution in [-0.2, 0) is 14.3 Å². The molecular weight excluding hydrogens is 262 g/mol. The molecule has 6 nitrogen and oxygen atoms in total. The molecule has 1 aliphatic heterocycles. The van der Waals surface area contributed by atoms with Crippen LogP contribution in [0.4, 0.5) is 4.79 Å². The summed E-state index contributed by atoms with van der Waals surface area (Å²) < 4.78 is 10.3. The summed E-state index contributed by atoms with van der Waals surface area (Å²) in [5.74, 6) is -0.469. The van der Waals surface area contributed by atoms with E-state index in [9.17, 15) is 14.7 Å². The van der Waals surface area contributed by atoms with E-state index in [1.807, 2.05) is 0 Å². The van der Waals surface area contributed by atoms with Crippen molar-refractivity contribution in [1.29, 1.82) is 0 Å². The Balaban J connectivity index is 2.42. The van der Waals surface area contributed by atoms with E-state index < -0.39 is 28.9 Å². The molecule has 0 unspecified atom stereocenters. The van der Waals surface area contributed by atoms with E-state index in [-0.39, 0.29) is 19.5 Å². The molecule has 6 heteroatoms. The lowest BCUT2D eigenvalue weighted by Crippen LogP contribution is -2.64. The van der Waals surface area contributed by atoms with Gasteiger partial charge in [-0.05, 0) is 41.5 Å². The van der Waals surface area contributed by atoms with Gasteiger partial charge >= 0.3 is 12.1 Å². The second-order valence-corrected chi connectivity index (χ2v) is 7.32. The molecule has 0 radical (unpaired) electrons. The van der Waals surface area contributed by atoms with E-state index in [4.69, 9.17) is 9.47 Å². The zero-order valence-corrected chi connectivity index (χ0v) is 13.1. The number of hydrogen-bond donors (Lipinski definition) is 1. The highest BCUT2D eigenvalue weighted by molar-refractivity contribution is 5.74. The van der Waals surface area contributed by atoms with E-state index in [0.29, 0.717) is 0 Å².